The second-order valence-electron chi connectivity index (χ2n) is 7.35. The summed E-state index contributed by atoms with van der Waals surface area (Å²) in [4.78, 5) is 21.5. The maximum atomic E-state index is 12.9. The van der Waals surface area contributed by atoms with Crippen LogP contribution in [-0.4, -0.2) is 68.0 Å². The van der Waals surface area contributed by atoms with E-state index in [9.17, 15) is 18.7 Å². The molecule has 160 valence electrons. The standard InChI is InChI=1S/C19H22F2N6O3/c1-26-10-11(9-22-26)12-3-4-13(30-2)15-14(12)23-17(24-15)25-18(28)27-7-5-19(29,6-8-27)16(20)21/h3-4,9-10,16,29H,5-8H2,1-2H3,(H2,23,24,25,28). The zero-order valence-electron chi connectivity index (χ0n) is 16.5. The van der Waals surface area contributed by atoms with Crippen LogP contribution in [0.2, 0.25) is 0 Å². The van der Waals surface area contributed by atoms with Crippen LogP contribution in [0.25, 0.3) is 22.2 Å². The number of hydrogen-bond donors (Lipinski definition) is 3. The lowest BCUT2D eigenvalue weighted by Crippen LogP contribution is -2.51. The number of halogens is 2. The Morgan fingerprint density at radius 1 is 1.37 bits per heavy atom. The van der Waals surface area contributed by atoms with Gasteiger partial charge in [-0.25, -0.2) is 18.6 Å². The molecule has 1 fully saturated rings. The van der Waals surface area contributed by atoms with E-state index < -0.39 is 18.1 Å². The van der Waals surface area contributed by atoms with E-state index in [-0.39, 0.29) is 31.9 Å². The predicted molar refractivity (Wildman–Crippen MR) is 106 cm³/mol. The van der Waals surface area contributed by atoms with Crippen LogP contribution in [0.5, 0.6) is 5.75 Å². The van der Waals surface area contributed by atoms with Gasteiger partial charge in [-0.3, -0.25) is 10.00 Å². The van der Waals surface area contributed by atoms with Crippen LogP contribution in [0.4, 0.5) is 19.5 Å². The maximum absolute atomic E-state index is 12.9. The molecule has 0 atom stereocenters. The fourth-order valence-corrected chi connectivity index (χ4v) is 3.59. The molecule has 2 amide bonds. The van der Waals surface area contributed by atoms with Crippen LogP contribution >= 0.6 is 0 Å². The number of H-pyrrole nitrogens is 1. The molecular weight excluding hydrogens is 398 g/mol. The van der Waals surface area contributed by atoms with Crippen LogP contribution in [0, 0.1) is 0 Å². The number of anilines is 1. The number of aryl methyl sites for hydroxylation is 1. The van der Waals surface area contributed by atoms with E-state index in [1.807, 2.05) is 19.3 Å². The minimum Gasteiger partial charge on any atom is -0.494 e. The first-order valence-corrected chi connectivity index (χ1v) is 9.43. The summed E-state index contributed by atoms with van der Waals surface area (Å²) in [6, 6.07) is 3.18. The first-order valence-electron chi connectivity index (χ1n) is 9.43. The number of carbonyl (C=O) groups excluding carboxylic acids is 1. The molecule has 11 heteroatoms. The van der Waals surface area contributed by atoms with Crippen molar-refractivity contribution in [3.05, 3.63) is 24.5 Å². The zero-order valence-corrected chi connectivity index (χ0v) is 16.5. The van der Waals surface area contributed by atoms with Gasteiger partial charge in [0.05, 0.1) is 13.3 Å². The Hall–Kier alpha value is -3.21. The molecule has 1 aromatic carbocycles. The molecule has 0 saturated carbocycles. The molecule has 3 heterocycles. The van der Waals surface area contributed by atoms with E-state index in [0.29, 0.717) is 16.8 Å². The van der Waals surface area contributed by atoms with Gasteiger partial charge in [0.15, 0.2) is 0 Å². The quantitative estimate of drug-likeness (QED) is 0.601. The first kappa shape index (κ1) is 20.1. The molecule has 1 aliphatic rings. The van der Waals surface area contributed by atoms with Gasteiger partial charge in [-0.2, -0.15) is 5.10 Å². The van der Waals surface area contributed by atoms with Crippen molar-refractivity contribution in [2.45, 2.75) is 24.9 Å². The molecule has 30 heavy (non-hydrogen) atoms. The highest BCUT2D eigenvalue weighted by molar-refractivity contribution is 5.98. The lowest BCUT2D eigenvalue weighted by Gasteiger charge is -2.37. The summed E-state index contributed by atoms with van der Waals surface area (Å²) in [5.41, 5.74) is 0.845. The minimum absolute atomic E-state index is 0.0250. The van der Waals surface area contributed by atoms with Crippen molar-refractivity contribution in [1.82, 2.24) is 24.6 Å². The number of alkyl halides is 2. The van der Waals surface area contributed by atoms with Gasteiger partial charge >= 0.3 is 6.03 Å². The number of ether oxygens (including phenoxy) is 1. The zero-order chi connectivity index (χ0) is 21.5. The van der Waals surface area contributed by atoms with Crippen molar-refractivity contribution in [3.8, 4) is 16.9 Å². The maximum Gasteiger partial charge on any atom is 0.324 e. The number of piperidine rings is 1. The lowest BCUT2D eigenvalue weighted by molar-refractivity contribution is -0.121. The highest BCUT2D eigenvalue weighted by Gasteiger charge is 2.41. The van der Waals surface area contributed by atoms with Gasteiger partial charge in [0.25, 0.3) is 6.43 Å². The molecule has 0 bridgehead atoms. The van der Waals surface area contributed by atoms with Gasteiger partial charge < -0.3 is 19.7 Å². The number of carbonyl (C=O) groups is 1. The Kier molecular flexibility index (Phi) is 5.06. The van der Waals surface area contributed by atoms with Crippen molar-refractivity contribution in [2.24, 2.45) is 7.05 Å². The highest BCUT2D eigenvalue weighted by Crippen LogP contribution is 2.34. The van der Waals surface area contributed by atoms with Gasteiger partial charge in [-0.1, -0.05) is 0 Å². The number of aliphatic hydroxyl groups is 1. The second kappa shape index (κ2) is 7.56. The Morgan fingerprint density at radius 2 is 2.10 bits per heavy atom. The average molecular weight is 420 g/mol. The molecule has 1 saturated heterocycles. The van der Waals surface area contributed by atoms with Crippen molar-refractivity contribution < 1.29 is 23.4 Å². The van der Waals surface area contributed by atoms with E-state index in [1.165, 1.54) is 12.0 Å². The number of hydrogen-bond acceptors (Lipinski definition) is 5. The molecule has 1 aliphatic heterocycles. The summed E-state index contributed by atoms with van der Waals surface area (Å²) in [5, 5.41) is 16.7. The van der Waals surface area contributed by atoms with Gasteiger partial charge in [0, 0.05) is 37.5 Å². The number of methoxy groups -OCH3 is 1. The number of amides is 2. The monoisotopic (exact) mass is 420 g/mol. The van der Waals surface area contributed by atoms with Crippen molar-refractivity contribution in [1.29, 1.82) is 0 Å². The number of aromatic nitrogens is 4. The average Bonchev–Trinajstić information content (AvgIpc) is 3.33. The van der Waals surface area contributed by atoms with Gasteiger partial charge in [-0.05, 0) is 25.0 Å². The van der Waals surface area contributed by atoms with Crippen molar-refractivity contribution in [2.75, 3.05) is 25.5 Å². The smallest absolute Gasteiger partial charge is 0.324 e. The SMILES string of the molecule is COc1ccc(-c2cnn(C)c2)c2nc(NC(=O)N3CCC(O)(C(F)F)CC3)[nH]c12. The van der Waals surface area contributed by atoms with Crippen molar-refractivity contribution in [3.63, 3.8) is 0 Å². The van der Waals surface area contributed by atoms with Crippen LogP contribution in [0.1, 0.15) is 12.8 Å². The van der Waals surface area contributed by atoms with E-state index in [1.54, 1.807) is 16.9 Å². The Morgan fingerprint density at radius 3 is 2.70 bits per heavy atom. The van der Waals surface area contributed by atoms with Crippen LogP contribution in [0.15, 0.2) is 24.5 Å². The Labute approximate surface area is 170 Å². The third-order valence-electron chi connectivity index (χ3n) is 5.39. The second-order valence-corrected chi connectivity index (χ2v) is 7.35. The Balaban J connectivity index is 1.57. The molecule has 9 nitrogen and oxygen atoms in total. The summed E-state index contributed by atoms with van der Waals surface area (Å²) in [6.45, 7) is 0.0499. The fraction of sp³-hybridized carbons (Fsp3) is 0.421. The number of nitrogens with zero attached hydrogens (tertiary/aromatic N) is 4. The number of aromatic amines is 1. The minimum atomic E-state index is -2.84. The Bertz CT molecular complexity index is 1070. The third kappa shape index (κ3) is 3.56. The molecule has 0 unspecified atom stereocenters. The summed E-state index contributed by atoms with van der Waals surface area (Å²) < 4.78 is 33.0. The molecule has 2 aromatic heterocycles. The molecular formula is C19H22F2N6O3. The van der Waals surface area contributed by atoms with Crippen molar-refractivity contribution >= 4 is 23.0 Å². The number of benzene rings is 1. The lowest BCUT2D eigenvalue weighted by atomic mass is 9.92. The normalized spacial score (nSPS) is 16.3. The van der Waals surface area contributed by atoms with Gasteiger partial charge in [0.2, 0.25) is 5.95 Å². The van der Waals surface area contributed by atoms with Gasteiger partial charge in [-0.15, -0.1) is 0 Å². The van der Waals surface area contributed by atoms with Crippen LogP contribution in [-0.2, 0) is 7.05 Å². The third-order valence-corrected chi connectivity index (χ3v) is 5.39. The largest absolute Gasteiger partial charge is 0.494 e. The van der Waals surface area contributed by atoms with Crippen LogP contribution < -0.4 is 10.1 Å². The molecule has 4 rings (SSSR count). The predicted octanol–water partition coefficient (Wildman–Crippen LogP) is 2.60. The summed E-state index contributed by atoms with van der Waals surface area (Å²) >= 11 is 0. The van der Waals surface area contributed by atoms with E-state index >= 15 is 0 Å². The first-order chi connectivity index (χ1) is 14.3. The molecule has 0 spiro atoms. The molecule has 3 N–H and O–H groups in total. The van der Waals surface area contributed by atoms with E-state index in [0.717, 1.165) is 11.1 Å². The summed E-state index contributed by atoms with van der Waals surface area (Å²) in [7, 11) is 3.35. The molecule has 0 radical (unpaired) electrons. The molecule has 3 aromatic rings. The van der Waals surface area contributed by atoms with E-state index in [2.05, 4.69) is 20.4 Å². The van der Waals surface area contributed by atoms with E-state index in [4.69, 9.17) is 4.74 Å². The number of fused-ring (bicyclic) bond motifs is 1. The molecule has 0 aliphatic carbocycles. The number of urea groups is 1. The number of rotatable bonds is 4. The topological polar surface area (TPSA) is 108 Å². The number of nitrogens with one attached hydrogen (secondary N) is 2. The number of likely N-dealkylation sites (tertiary alicyclic amines) is 1. The highest BCUT2D eigenvalue weighted by atomic mass is 19.3. The summed E-state index contributed by atoms with van der Waals surface area (Å²) in [6.07, 6.45) is 0.364. The van der Waals surface area contributed by atoms with Crippen LogP contribution in [0.3, 0.4) is 0 Å². The fourth-order valence-electron chi connectivity index (χ4n) is 3.59. The van der Waals surface area contributed by atoms with Gasteiger partial charge in [0.1, 0.15) is 22.4 Å². The summed E-state index contributed by atoms with van der Waals surface area (Å²) in [5.74, 6) is 0.768. The number of imidazole rings is 1.